The zero-order valence-corrected chi connectivity index (χ0v) is 12.3. The molecule has 0 aliphatic carbocycles. The molecule has 0 saturated heterocycles. The fourth-order valence-corrected chi connectivity index (χ4v) is 2.07. The average Bonchev–Trinajstić information content (AvgIpc) is 2.45. The Morgan fingerprint density at radius 2 is 2.00 bits per heavy atom. The van der Waals surface area contributed by atoms with Crippen molar-refractivity contribution in [3.63, 3.8) is 0 Å². The van der Waals surface area contributed by atoms with E-state index in [1.54, 1.807) is 31.2 Å². The van der Waals surface area contributed by atoms with Crippen molar-refractivity contribution < 1.29 is 9.72 Å². The van der Waals surface area contributed by atoms with E-state index in [0.29, 0.717) is 16.4 Å². The third-order valence-corrected chi connectivity index (χ3v) is 3.35. The normalized spacial score (nSPS) is 10.3. The summed E-state index contributed by atoms with van der Waals surface area (Å²) in [5.74, 6) is -0.501. The van der Waals surface area contributed by atoms with Gasteiger partial charge in [-0.1, -0.05) is 23.7 Å². The zero-order valence-electron chi connectivity index (χ0n) is 11.6. The minimum absolute atomic E-state index is 0.336. The van der Waals surface area contributed by atoms with E-state index in [1.165, 1.54) is 6.07 Å². The molecular formula is C14H12ClN3O4. The molecule has 8 heteroatoms. The van der Waals surface area contributed by atoms with Gasteiger partial charge in [0.2, 0.25) is 5.91 Å². The van der Waals surface area contributed by atoms with E-state index < -0.39 is 22.1 Å². The number of hydrogen-bond acceptors (Lipinski definition) is 4. The first-order valence-electron chi connectivity index (χ1n) is 6.29. The van der Waals surface area contributed by atoms with Crippen molar-refractivity contribution in [2.24, 2.45) is 0 Å². The lowest BCUT2D eigenvalue weighted by Crippen LogP contribution is -2.30. The van der Waals surface area contributed by atoms with Crippen LogP contribution >= 0.6 is 11.6 Å². The average molecular weight is 322 g/mol. The highest BCUT2D eigenvalue weighted by Gasteiger charge is 2.17. The first-order chi connectivity index (χ1) is 10.4. The van der Waals surface area contributed by atoms with Gasteiger partial charge in [0.15, 0.2) is 0 Å². The first kappa shape index (κ1) is 15.7. The Hall–Kier alpha value is -2.67. The third kappa shape index (κ3) is 3.32. The molecule has 1 aromatic carbocycles. The highest BCUT2D eigenvalue weighted by molar-refractivity contribution is 6.33. The Labute approximate surface area is 130 Å². The van der Waals surface area contributed by atoms with Crippen molar-refractivity contribution >= 4 is 28.9 Å². The Bertz CT molecular complexity index is 801. The van der Waals surface area contributed by atoms with Gasteiger partial charge in [0.05, 0.1) is 15.6 Å². The highest BCUT2D eigenvalue weighted by atomic mass is 35.5. The predicted octanol–water partition coefficient (Wildman–Crippen LogP) is 2.36. The van der Waals surface area contributed by atoms with Gasteiger partial charge in [0.1, 0.15) is 6.54 Å². The van der Waals surface area contributed by atoms with E-state index >= 15 is 0 Å². The number of nitrogens with zero attached hydrogens (tertiary/aromatic N) is 2. The lowest BCUT2D eigenvalue weighted by Gasteiger charge is -2.10. The number of nitrogens with one attached hydrogen (secondary N) is 1. The van der Waals surface area contributed by atoms with Crippen LogP contribution in [0.15, 0.2) is 41.2 Å². The van der Waals surface area contributed by atoms with Crippen LogP contribution in [0.5, 0.6) is 0 Å². The maximum Gasteiger partial charge on any atom is 0.334 e. The SMILES string of the molecule is Cc1ccc([N+](=O)[O-])c(=O)n1CC(=O)Nc1ccccc1Cl. The minimum atomic E-state index is -0.820. The lowest BCUT2D eigenvalue weighted by molar-refractivity contribution is -0.386. The molecule has 114 valence electrons. The van der Waals surface area contributed by atoms with Crippen LogP contribution in [0.25, 0.3) is 0 Å². The molecular weight excluding hydrogens is 310 g/mol. The largest absolute Gasteiger partial charge is 0.334 e. The molecule has 1 aromatic heterocycles. The first-order valence-corrected chi connectivity index (χ1v) is 6.67. The summed E-state index contributed by atoms with van der Waals surface area (Å²) in [6.07, 6.45) is 0. The maximum absolute atomic E-state index is 12.0. The van der Waals surface area contributed by atoms with Crippen LogP contribution in [0, 0.1) is 17.0 Å². The standard InChI is InChI=1S/C14H12ClN3O4/c1-9-6-7-12(18(21)22)14(20)17(9)8-13(19)16-11-5-3-2-4-10(11)15/h2-7H,8H2,1H3,(H,16,19). The molecule has 1 N–H and O–H groups in total. The van der Waals surface area contributed by atoms with Crippen LogP contribution in [0.4, 0.5) is 11.4 Å². The third-order valence-electron chi connectivity index (χ3n) is 3.02. The highest BCUT2D eigenvalue weighted by Crippen LogP contribution is 2.20. The quantitative estimate of drug-likeness (QED) is 0.690. The summed E-state index contributed by atoms with van der Waals surface area (Å²) in [6.45, 7) is 1.26. The number of rotatable bonds is 4. The van der Waals surface area contributed by atoms with Crippen LogP contribution in [0.3, 0.4) is 0 Å². The molecule has 0 atom stereocenters. The van der Waals surface area contributed by atoms with Gasteiger partial charge in [0.25, 0.3) is 0 Å². The van der Waals surface area contributed by atoms with Gasteiger partial charge in [-0.05, 0) is 25.1 Å². The smallest absolute Gasteiger partial charge is 0.323 e. The van der Waals surface area contributed by atoms with Crippen molar-refractivity contribution in [2.75, 3.05) is 5.32 Å². The Balaban J connectivity index is 2.26. The van der Waals surface area contributed by atoms with Gasteiger partial charge in [-0.2, -0.15) is 0 Å². The van der Waals surface area contributed by atoms with Crippen molar-refractivity contribution in [3.05, 3.63) is 67.6 Å². The number of amides is 1. The summed E-state index contributed by atoms with van der Waals surface area (Å²) >= 11 is 5.93. The molecule has 0 saturated carbocycles. The molecule has 0 radical (unpaired) electrons. The van der Waals surface area contributed by atoms with Crippen LogP contribution < -0.4 is 10.9 Å². The number of para-hydroxylation sites is 1. The predicted molar refractivity (Wildman–Crippen MR) is 82.2 cm³/mol. The van der Waals surface area contributed by atoms with Gasteiger partial charge in [-0.3, -0.25) is 24.3 Å². The number of halogens is 1. The van der Waals surface area contributed by atoms with E-state index in [2.05, 4.69) is 5.32 Å². The summed E-state index contributed by atoms with van der Waals surface area (Å²) in [7, 11) is 0. The molecule has 2 rings (SSSR count). The lowest BCUT2D eigenvalue weighted by atomic mass is 10.3. The molecule has 2 aromatic rings. The van der Waals surface area contributed by atoms with E-state index in [9.17, 15) is 19.7 Å². The molecule has 0 bridgehead atoms. The number of anilines is 1. The number of benzene rings is 1. The van der Waals surface area contributed by atoms with Gasteiger partial charge in [-0.15, -0.1) is 0 Å². The number of aryl methyl sites for hydroxylation is 1. The van der Waals surface area contributed by atoms with Crippen LogP contribution in [0.1, 0.15) is 5.69 Å². The number of carbonyl (C=O) groups is 1. The Morgan fingerprint density at radius 3 is 2.64 bits per heavy atom. The molecule has 0 fully saturated rings. The van der Waals surface area contributed by atoms with Crippen LogP contribution in [0.2, 0.25) is 5.02 Å². The van der Waals surface area contributed by atoms with Gasteiger partial charge < -0.3 is 5.32 Å². The number of hydrogen-bond donors (Lipinski definition) is 1. The molecule has 22 heavy (non-hydrogen) atoms. The summed E-state index contributed by atoms with van der Waals surface area (Å²) in [4.78, 5) is 34.0. The van der Waals surface area contributed by atoms with Crippen molar-refractivity contribution in [3.8, 4) is 0 Å². The second-order valence-electron chi connectivity index (χ2n) is 4.54. The summed E-state index contributed by atoms with van der Waals surface area (Å²) in [5, 5.41) is 13.7. The van der Waals surface area contributed by atoms with Gasteiger partial charge in [0, 0.05) is 11.8 Å². The second-order valence-corrected chi connectivity index (χ2v) is 4.94. The van der Waals surface area contributed by atoms with Gasteiger partial charge in [-0.25, -0.2) is 0 Å². The zero-order chi connectivity index (χ0) is 16.3. The summed E-state index contributed by atoms with van der Waals surface area (Å²) in [5.41, 5.74) is -0.536. The topological polar surface area (TPSA) is 94.2 Å². The summed E-state index contributed by atoms with van der Waals surface area (Å²) < 4.78 is 1.05. The fraction of sp³-hybridized carbons (Fsp3) is 0.143. The van der Waals surface area contributed by atoms with E-state index in [4.69, 9.17) is 11.6 Å². The second kappa shape index (κ2) is 6.40. The number of nitro groups is 1. The summed E-state index contributed by atoms with van der Waals surface area (Å²) in [6, 6.07) is 9.19. The molecule has 1 amide bonds. The van der Waals surface area contributed by atoms with Crippen LogP contribution in [-0.4, -0.2) is 15.4 Å². The monoisotopic (exact) mass is 321 g/mol. The van der Waals surface area contributed by atoms with Gasteiger partial charge >= 0.3 is 11.2 Å². The van der Waals surface area contributed by atoms with E-state index in [1.807, 2.05) is 0 Å². The molecule has 0 spiro atoms. The number of carbonyl (C=O) groups excluding carboxylic acids is 1. The van der Waals surface area contributed by atoms with Crippen molar-refractivity contribution in [1.29, 1.82) is 0 Å². The molecule has 0 unspecified atom stereocenters. The molecule has 1 heterocycles. The minimum Gasteiger partial charge on any atom is -0.323 e. The molecule has 0 aliphatic heterocycles. The molecule has 0 aliphatic rings. The van der Waals surface area contributed by atoms with Crippen molar-refractivity contribution in [1.82, 2.24) is 4.57 Å². The Kier molecular flexibility index (Phi) is 4.57. The molecule has 7 nitrogen and oxygen atoms in total. The fourth-order valence-electron chi connectivity index (χ4n) is 1.89. The number of pyridine rings is 1. The number of aromatic nitrogens is 1. The van der Waals surface area contributed by atoms with E-state index in [0.717, 1.165) is 10.6 Å². The maximum atomic E-state index is 12.0. The van der Waals surface area contributed by atoms with E-state index in [-0.39, 0.29) is 6.54 Å². The van der Waals surface area contributed by atoms with Crippen LogP contribution in [-0.2, 0) is 11.3 Å². The Morgan fingerprint density at radius 1 is 1.32 bits per heavy atom. The van der Waals surface area contributed by atoms with Crippen molar-refractivity contribution in [2.45, 2.75) is 13.5 Å².